The molecule has 0 aliphatic carbocycles. The van der Waals surface area contributed by atoms with Gasteiger partial charge in [-0.25, -0.2) is 15.0 Å². The lowest BCUT2D eigenvalue weighted by molar-refractivity contribution is 0.273. The zero-order valence-electron chi connectivity index (χ0n) is 13.0. The molecule has 0 fully saturated rings. The Balaban J connectivity index is 1.74. The molecule has 122 valence electrons. The van der Waals surface area contributed by atoms with Crippen molar-refractivity contribution in [2.75, 3.05) is 6.61 Å². The number of benzene rings is 2. The quantitative estimate of drug-likeness (QED) is 0.660. The van der Waals surface area contributed by atoms with Crippen LogP contribution >= 0.6 is 11.6 Å². The van der Waals surface area contributed by atoms with E-state index in [2.05, 4.69) is 21.0 Å². The van der Waals surface area contributed by atoms with Gasteiger partial charge in [-0.3, -0.25) is 0 Å². The van der Waals surface area contributed by atoms with Gasteiger partial charge >= 0.3 is 0 Å². The van der Waals surface area contributed by atoms with Crippen molar-refractivity contribution in [2.45, 2.75) is 5.54 Å². The highest BCUT2D eigenvalue weighted by Gasteiger charge is 2.45. The molecule has 0 saturated carbocycles. The number of hydrogen-bond donors (Lipinski definition) is 0. The molecule has 25 heavy (non-hydrogen) atoms. The van der Waals surface area contributed by atoms with Gasteiger partial charge in [-0.1, -0.05) is 17.7 Å². The summed E-state index contributed by atoms with van der Waals surface area (Å²) >= 11 is 6.23. The minimum absolute atomic E-state index is 0.408. The minimum atomic E-state index is -0.653. The van der Waals surface area contributed by atoms with Gasteiger partial charge in [0.15, 0.2) is 11.9 Å². The highest BCUT2D eigenvalue weighted by Crippen LogP contribution is 2.51. The average molecular weight is 350 g/mol. The lowest BCUT2D eigenvalue weighted by Crippen LogP contribution is -2.31. The van der Waals surface area contributed by atoms with Crippen molar-refractivity contribution in [2.24, 2.45) is 4.99 Å². The van der Waals surface area contributed by atoms with E-state index in [9.17, 15) is 0 Å². The molecule has 5 nitrogen and oxygen atoms in total. The Kier molecular flexibility index (Phi) is 3.05. The zero-order chi connectivity index (χ0) is 16.9. The second-order valence-corrected chi connectivity index (χ2v) is 6.42. The normalized spacial score (nSPS) is 19.9. The number of fused-ring (bicyclic) bond motifs is 4. The standard InChI is InChI=1S/C19H12ClN3O2/c20-14-2-4-18-16(6-14)19(9-24-11-23-19)15-5-12(1-3-17(15)25-18)13-7-21-10-22-8-13/h1-8,10-11H,9H2/t19-/m0/s1. The van der Waals surface area contributed by atoms with Gasteiger partial charge in [0.05, 0.1) is 0 Å². The number of rotatable bonds is 1. The molecule has 2 aliphatic rings. The van der Waals surface area contributed by atoms with Crippen LogP contribution in [-0.2, 0) is 10.3 Å². The number of hydrogen-bond acceptors (Lipinski definition) is 5. The van der Waals surface area contributed by atoms with E-state index in [4.69, 9.17) is 21.1 Å². The van der Waals surface area contributed by atoms with Crippen molar-refractivity contribution in [1.82, 2.24) is 9.97 Å². The minimum Gasteiger partial charge on any atom is -0.480 e. The van der Waals surface area contributed by atoms with Crippen molar-refractivity contribution in [3.05, 3.63) is 71.3 Å². The largest absolute Gasteiger partial charge is 0.480 e. The summed E-state index contributed by atoms with van der Waals surface area (Å²) in [5.74, 6) is 1.51. The van der Waals surface area contributed by atoms with Crippen LogP contribution in [0.5, 0.6) is 11.5 Å². The Morgan fingerprint density at radius 2 is 1.68 bits per heavy atom. The maximum atomic E-state index is 6.23. The van der Waals surface area contributed by atoms with E-state index >= 15 is 0 Å². The van der Waals surface area contributed by atoms with Gasteiger partial charge in [-0.2, -0.15) is 0 Å². The van der Waals surface area contributed by atoms with Gasteiger partial charge in [-0.15, -0.1) is 0 Å². The maximum absolute atomic E-state index is 6.23. The first kappa shape index (κ1) is 14.4. The first-order valence-electron chi connectivity index (χ1n) is 7.79. The van der Waals surface area contributed by atoms with Crippen LogP contribution in [0.2, 0.25) is 5.02 Å². The lowest BCUT2D eigenvalue weighted by Gasteiger charge is -2.34. The zero-order valence-corrected chi connectivity index (χ0v) is 13.8. The molecule has 3 heterocycles. The van der Waals surface area contributed by atoms with Crippen molar-refractivity contribution in [1.29, 1.82) is 0 Å². The van der Waals surface area contributed by atoms with Crippen LogP contribution in [-0.4, -0.2) is 23.0 Å². The molecular weight excluding hydrogens is 338 g/mol. The van der Waals surface area contributed by atoms with Crippen LogP contribution < -0.4 is 4.74 Å². The van der Waals surface area contributed by atoms with Crippen molar-refractivity contribution in [3.63, 3.8) is 0 Å². The third-order valence-corrected chi connectivity index (χ3v) is 4.80. The molecule has 2 aliphatic heterocycles. The van der Waals surface area contributed by atoms with Crippen LogP contribution in [0.25, 0.3) is 11.1 Å². The Hall–Kier alpha value is -2.92. The number of nitrogens with zero attached hydrogens (tertiary/aromatic N) is 3. The average Bonchev–Trinajstić information content (AvgIpc) is 3.14. The van der Waals surface area contributed by atoms with Crippen molar-refractivity contribution in [3.8, 4) is 22.6 Å². The van der Waals surface area contributed by atoms with Crippen LogP contribution in [0.15, 0.2) is 60.1 Å². The molecule has 0 amide bonds. The predicted octanol–water partition coefficient (Wildman–Crippen LogP) is 4.20. The van der Waals surface area contributed by atoms with E-state index in [1.165, 1.54) is 12.7 Å². The van der Waals surface area contributed by atoms with Gasteiger partial charge < -0.3 is 9.47 Å². The van der Waals surface area contributed by atoms with E-state index in [1.54, 1.807) is 12.4 Å². The second-order valence-electron chi connectivity index (χ2n) is 5.99. The third kappa shape index (κ3) is 2.13. The van der Waals surface area contributed by atoms with E-state index in [0.29, 0.717) is 11.6 Å². The number of aliphatic imine (C=N–C) groups is 1. The van der Waals surface area contributed by atoms with E-state index in [0.717, 1.165) is 33.8 Å². The van der Waals surface area contributed by atoms with E-state index < -0.39 is 5.54 Å². The van der Waals surface area contributed by atoms with E-state index in [1.807, 2.05) is 30.3 Å². The Morgan fingerprint density at radius 3 is 2.44 bits per heavy atom. The topological polar surface area (TPSA) is 56.6 Å². The molecule has 5 rings (SSSR count). The third-order valence-electron chi connectivity index (χ3n) is 4.57. The summed E-state index contributed by atoms with van der Waals surface area (Å²) in [5.41, 5.74) is 3.12. The number of ether oxygens (including phenoxy) is 2. The molecule has 3 aromatic rings. The second kappa shape index (κ2) is 5.29. The molecule has 1 spiro atoms. The molecule has 2 aromatic carbocycles. The molecule has 1 atom stereocenters. The summed E-state index contributed by atoms with van der Waals surface area (Å²) in [6.45, 7) is 0.408. The monoisotopic (exact) mass is 349 g/mol. The molecular formula is C19H12ClN3O2. The highest BCUT2D eigenvalue weighted by molar-refractivity contribution is 6.30. The van der Waals surface area contributed by atoms with Gasteiger partial charge in [0.2, 0.25) is 0 Å². The predicted molar refractivity (Wildman–Crippen MR) is 94.2 cm³/mol. The molecule has 0 bridgehead atoms. The van der Waals surface area contributed by atoms with Crippen LogP contribution in [0.4, 0.5) is 0 Å². The smallest absolute Gasteiger partial charge is 0.170 e. The summed E-state index contributed by atoms with van der Waals surface area (Å²) < 4.78 is 11.6. The van der Waals surface area contributed by atoms with Crippen LogP contribution in [0.3, 0.4) is 0 Å². The Bertz CT molecular complexity index is 1010. The summed E-state index contributed by atoms with van der Waals surface area (Å²) in [5, 5.41) is 0.639. The Labute approximate surface area is 148 Å². The van der Waals surface area contributed by atoms with Crippen molar-refractivity contribution >= 4 is 18.0 Å². The van der Waals surface area contributed by atoms with Crippen molar-refractivity contribution < 1.29 is 9.47 Å². The highest BCUT2D eigenvalue weighted by atomic mass is 35.5. The molecule has 6 heteroatoms. The summed E-state index contributed by atoms with van der Waals surface area (Å²) in [6.07, 6.45) is 6.58. The van der Waals surface area contributed by atoms with Gasteiger partial charge in [0.1, 0.15) is 24.4 Å². The SMILES string of the molecule is Clc1ccc2c(c1)[C@]1(COC=N1)c1cc(-c3cncnc3)ccc1O2. The van der Waals surface area contributed by atoms with Crippen LogP contribution in [0, 0.1) is 0 Å². The molecule has 0 radical (unpaired) electrons. The van der Waals surface area contributed by atoms with Gasteiger partial charge in [-0.05, 0) is 35.9 Å². The summed E-state index contributed by atoms with van der Waals surface area (Å²) in [4.78, 5) is 12.9. The molecule has 0 saturated heterocycles. The van der Waals surface area contributed by atoms with Crippen LogP contribution in [0.1, 0.15) is 11.1 Å². The molecule has 1 aromatic heterocycles. The van der Waals surface area contributed by atoms with Gasteiger partial charge in [0, 0.05) is 34.1 Å². The fraction of sp³-hybridized carbons (Fsp3) is 0.105. The molecule has 0 N–H and O–H groups in total. The fourth-order valence-electron chi connectivity index (χ4n) is 3.36. The first-order chi connectivity index (χ1) is 12.3. The molecule has 0 unspecified atom stereocenters. The Morgan fingerprint density at radius 1 is 0.920 bits per heavy atom. The number of halogens is 1. The lowest BCUT2D eigenvalue weighted by atomic mass is 9.80. The summed E-state index contributed by atoms with van der Waals surface area (Å²) in [6, 6.07) is 11.6. The number of aromatic nitrogens is 2. The van der Waals surface area contributed by atoms with E-state index in [-0.39, 0.29) is 0 Å². The van der Waals surface area contributed by atoms with Gasteiger partial charge in [0.25, 0.3) is 0 Å². The maximum Gasteiger partial charge on any atom is 0.170 e. The fourth-order valence-corrected chi connectivity index (χ4v) is 3.54. The summed E-state index contributed by atoms with van der Waals surface area (Å²) in [7, 11) is 0. The first-order valence-corrected chi connectivity index (χ1v) is 8.17.